The zero-order valence-corrected chi connectivity index (χ0v) is 20.8. The molecule has 31 heavy (non-hydrogen) atoms. The van der Waals surface area contributed by atoms with Crippen LogP contribution in [0.25, 0.3) is 0 Å². The molecular weight excluding hydrogens is 380 g/mol. The van der Waals surface area contributed by atoms with E-state index in [1.807, 2.05) is 0 Å². The number of rotatable bonds is 5. The van der Waals surface area contributed by atoms with Crippen LogP contribution in [0.3, 0.4) is 0 Å². The molecule has 1 N–H and O–H groups in total. The first kappa shape index (κ1) is 22.2. The molecule has 5 rings (SSSR count). The summed E-state index contributed by atoms with van der Waals surface area (Å²) in [7, 11) is 0. The third kappa shape index (κ3) is 3.17. The number of hydrogen-bond acceptors (Lipinski definition) is 2. The van der Waals surface area contributed by atoms with Gasteiger partial charge in [0.1, 0.15) is 5.78 Å². The van der Waals surface area contributed by atoms with E-state index in [-0.39, 0.29) is 28.3 Å². The number of carbonyl (C=O) groups is 1. The minimum Gasteiger partial charge on any atom is -0.392 e. The smallest absolute Gasteiger partial charge is 0.137 e. The Bertz CT molecular complexity index is 761. The first-order valence-corrected chi connectivity index (χ1v) is 13.6. The van der Waals surface area contributed by atoms with Crippen molar-refractivity contribution in [2.24, 2.45) is 51.8 Å². The van der Waals surface area contributed by atoms with E-state index in [1.54, 1.807) is 5.57 Å². The summed E-state index contributed by atoms with van der Waals surface area (Å²) in [5.41, 5.74) is 2.16. The topological polar surface area (TPSA) is 37.3 Å². The van der Waals surface area contributed by atoms with Crippen LogP contribution in [0.5, 0.6) is 0 Å². The van der Waals surface area contributed by atoms with Crippen LogP contribution < -0.4 is 0 Å². The summed E-state index contributed by atoms with van der Waals surface area (Å²) in [6.45, 7) is 12.1. The lowest BCUT2D eigenvalue weighted by atomic mass is 9.45. The third-order valence-corrected chi connectivity index (χ3v) is 11.3. The second-order valence-electron chi connectivity index (χ2n) is 13.4. The summed E-state index contributed by atoms with van der Waals surface area (Å²) in [5, 5.41) is 10.8. The predicted octanol–water partition coefficient (Wildman–Crippen LogP) is 6.96. The highest BCUT2D eigenvalue weighted by Crippen LogP contribution is 2.72. The van der Waals surface area contributed by atoms with Crippen molar-refractivity contribution in [3.8, 4) is 0 Å². The Hall–Kier alpha value is -0.630. The molecule has 1 spiro atoms. The van der Waals surface area contributed by atoms with Gasteiger partial charge in [-0.15, -0.1) is 0 Å². The van der Waals surface area contributed by atoms with Crippen LogP contribution in [0.2, 0.25) is 0 Å². The highest BCUT2D eigenvalue weighted by molar-refractivity contribution is 5.85. The predicted molar refractivity (Wildman–Crippen MR) is 126 cm³/mol. The van der Waals surface area contributed by atoms with Crippen molar-refractivity contribution in [2.45, 2.75) is 111 Å². The molecule has 8 atom stereocenters. The first-order valence-electron chi connectivity index (χ1n) is 13.6. The fourth-order valence-corrected chi connectivity index (χ4v) is 9.56. The van der Waals surface area contributed by atoms with Crippen molar-refractivity contribution >= 4 is 5.78 Å². The SMILES string of the molecule is CC(C)CCC[C@@H](C)[C@H]1CC(=O)[C@H]2[C@@H]3CC=C4C5(CC5)[C@@H](O)CC[C@]4(C)[C@H]3CC[C@]12C. The molecule has 2 heteroatoms. The van der Waals surface area contributed by atoms with Crippen molar-refractivity contribution in [1.29, 1.82) is 0 Å². The van der Waals surface area contributed by atoms with Gasteiger partial charge < -0.3 is 5.11 Å². The van der Waals surface area contributed by atoms with Gasteiger partial charge >= 0.3 is 0 Å². The lowest BCUT2D eigenvalue weighted by molar-refractivity contribution is -0.131. The Kier molecular flexibility index (Phi) is 5.32. The molecule has 0 aromatic heterocycles. The molecule has 0 heterocycles. The summed E-state index contributed by atoms with van der Waals surface area (Å²) in [6.07, 6.45) is 15.2. The van der Waals surface area contributed by atoms with Crippen LogP contribution in [0.1, 0.15) is 105 Å². The lowest BCUT2D eigenvalue weighted by Crippen LogP contribution is -2.54. The highest BCUT2D eigenvalue weighted by atomic mass is 16.3. The quantitative estimate of drug-likeness (QED) is 0.483. The van der Waals surface area contributed by atoms with E-state index in [4.69, 9.17) is 0 Å². The normalized spacial score (nSPS) is 46.4. The van der Waals surface area contributed by atoms with E-state index in [9.17, 15) is 9.90 Å². The standard InChI is InChI=1S/C29H46O2/c1-18(2)7-6-8-19(3)22-17-23(30)26-20-9-10-24-27(4,21(20)11-13-28(22,26)5)14-12-25(31)29(24)15-16-29/h10,18-22,25-26,31H,6-9,11-17H2,1-5H3/t19-,20-,21+,22-,25+,26-,27-,28-/m1/s1. The lowest BCUT2D eigenvalue weighted by Gasteiger charge is -2.59. The Labute approximate surface area is 190 Å². The molecule has 0 unspecified atom stereocenters. The number of ketones is 1. The maximum atomic E-state index is 13.6. The van der Waals surface area contributed by atoms with Gasteiger partial charge in [0.25, 0.3) is 0 Å². The van der Waals surface area contributed by atoms with E-state index in [0.29, 0.717) is 29.5 Å². The average molecular weight is 427 g/mol. The Morgan fingerprint density at radius 1 is 1.06 bits per heavy atom. The molecule has 4 saturated carbocycles. The van der Waals surface area contributed by atoms with Gasteiger partial charge in [-0.2, -0.15) is 0 Å². The summed E-state index contributed by atoms with van der Waals surface area (Å²) < 4.78 is 0. The van der Waals surface area contributed by atoms with Crippen molar-refractivity contribution in [3.63, 3.8) is 0 Å². The van der Waals surface area contributed by atoms with Crippen molar-refractivity contribution in [1.82, 2.24) is 0 Å². The molecule has 0 saturated heterocycles. The maximum Gasteiger partial charge on any atom is 0.137 e. The van der Waals surface area contributed by atoms with Gasteiger partial charge in [0.2, 0.25) is 0 Å². The fourth-order valence-electron chi connectivity index (χ4n) is 9.56. The second kappa shape index (κ2) is 7.44. The van der Waals surface area contributed by atoms with E-state index >= 15 is 0 Å². The molecule has 0 aromatic rings. The minimum absolute atomic E-state index is 0.117. The van der Waals surface area contributed by atoms with E-state index in [2.05, 4.69) is 40.7 Å². The van der Waals surface area contributed by atoms with Crippen LogP contribution in [0.15, 0.2) is 11.6 Å². The molecule has 0 aromatic carbocycles. The van der Waals surface area contributed by atoms with Gasteiger partial charge in [0.05, 0.1) is 6.10 Å². The number of Topliss-reactive ketones (excluding diaryl/α,β-unsaturated/α-hetero) is 1. The summed E-state index contributed by atoms with van der Waals surface area (Å²) >= 11 is 0. The monoisotopic (exact) mass is 426 g/mol. The maximum absolute atomic E-state index is 13.6. The first-order chi connectivity index (χ1) is 14.6. The van der Waals surface area contributed by atoms with Gasteiger partial charge in [-0.1, -0.05) is 65.5 Å². The number of aliphatic hydroxyl groups is 1. The second-order valence-corrected chi connectivity index (χ2v) is 13.4. The molecule has 0 amide bonds. The van der Waals surface area contributed by atoms with Gasteiger partial charge in [0.15, 0.2) is 0 Å². The largest absolute Gasteiger partial charge is 0.392 e. The zero-order valence-electron chi connectivity index (χ0n) is 20.8. The summed E-state index contributed by atoms with van der Waals surface area (Å²) in [4.78, 5) is 13.6. The third-order valence-electron chi connectivity index (χ3n) is 11.3. The summed E-state index contributed by atoms with van der Waals surface area (Å²) in [6, 6.07) is 0. The Balaban J connectivity index is 1.39. The molecule has 0 radical (unpaired) electrons. The van der Waals surface area contributed by atoms with Crippen LogP contribution in [-0.2, 0) is 4.79 Å². The molecular formula is C29H46O2. The Morgan fingerprint density at radius 2 is 1.81 bits per heavy atom. The van der Waals surface area contributed by atoms with Gasteiger partial charge in [0, 0.05) is 17.8 Å². The average Bonchev–Trinajstić information content (AvgIpc) is 3.44. The summed E-state index contributed by atoms with van der Waals surface area (Å²) in [5.74, 6) is 4.09. The van der Waals surface area contributed by atoms with Crippen LogP contribution >= 0.6 is 0 Å². The van der Waals surface area contributed by atoms with Crippen LogP contribution in [0, 0.1) is 51.8 Å². The van der Waals surface area contributed by atoms with Crippen molar-refractivity contribution < 1.29 is 9.90 Å². The molecule has 5 aliphatic carbocycles. The number of hydrogen-bond donors (Lipinski definition) is 1. The van der Waals surface area contributed by atoms with E-state index in [0.717, 1.165) is 31.6 Å². The number of carbonyl (C=O) groups excluding carboxylic acids is 1. The van der Waals surface area contributed by atoms with Gasteiger partial charge in [-0.05, 0) is 85.4 Å². The van der Waals surface area contributed by atoms with Crippen molar-refractivity contribution in [3.05, 3.63) is 11.6 Å². The molecule has 4 fully saturated rings. The molecule has 2 nitrogen and oxygen atoms in total. The van der Waals surface area contributed by atoms with Crippen LogP contribution in [-0.4, -0.2) is 17.0 Å². The number of aliphatic hydroxyl groups excluding tert-OH is 1. The minimum atomic E-state index is -0.124. The molecule has 0 aliphatic heterocycles. The zero-order chi connectivity index (χ0) is 22.2. The molecule has 5 aliphatic rings. The number of fused-ring (bicyclic) bond motifs is 6. The van der Waals surface area contributed by atoms with Gasteiger partial charge in [-0.3, -0.25) is 4.79 Å². The molecule has 174 valence electrons. The van der Waals surface area contributed by atoms with E-state index in [1.165, 1.54) is 44.9 Å². The van der Waals surface area contributed by atoms with E-state index < -0.39 is 0 Å². The highest BCUT2D eigenvalue weighted by Gasteiger charge is 2.66. The fraction of sp³-hybridized carbons (Fsp3) is 0.897. The Morgan fingerprint density at radius 3 is 2.48 bits per heavy atom. The van der Waals surface area contributed by atoms with Gasteiger partial charge in [-0.25, -0.2) is 0 Å². The van der Waals surface area contributed by atoms with Crippen LogP contribution in [0.4, 0.5) is 0 Å². The van der Waals surface area contributed by atoms with Crippen molar-refractivity contribution in [2.75, 3.05) is 0 Å². The number of allylic oxidation sites excluding steroid dienone is 1. The molecule has 0 bridgehead atoms.